The summed E-state index contributed by atoms with van der Waals surface area (Å²) in [4.78, 5) is 26.6. The number of aryl methyl sites for hydroxylation is 2. The number of anilines is 1. The van der Waals surface area contributed by atoms with Gasteiger partial charge in [-0.3, -0.25) is 4.79 Å². The Balaban J connectivity index is 1.36. The number of hydrogen-bond donors (Lipinski definition) is 1. The lowest BCUT2D eigenvalue weighted by molar-refractivity contribution is -0.113. The van der Waals surface area contributed by atoms with Crippen LogP contribution in [-0.4, -0.2) is 39.5 Å². The first kappa shape index (κ1) is 25.2. The molecule has 7 nitrogen and oxygen atoms in total. The van der Waals surface area contributed by atoms with Crippen molar-refractivity contribution in [2.45, 2.75) is 88.6 Å². The lowest BCUT2D eigenvalue weighted by atomic mass is 9.86. The summed E-state index contributed by atoms with van der Waals surface area (Å²) in [7, 11) is 3.38. The lowest BCUT2D eigenvalue weighted by Crippen LogP contribution is -2.16. The molecule has 34 heavy (non-hydrogen) atoms. The number of esters is 1. The Morgan fingerprint density at radius 1 is 1.09 bits per heavy atom. The van der Waals surface area contributed by atoms with Crippen molar-refractivity contribution < 1.29 is 14.3 Å². The molecule has 1 N–H and O–H groups in total. The molecule has 9 heteroatoms. The third-order valence-corrected chi connectivity index (χ3v) is 9.30. The summed E-state index contributed by atoms with van der Waals surface area (Å²) in [5, 5.41) is 13.0. The molecule has 2 aliphatic rings. The van der Waals surface area contributed by atoms with E-state index in [9.17, 15) is 9.59 Å². The zero-order chi connectivity index (χ0) is 23.9. The van der Waals surface area contributed by atoms with Gasteiger partial charge in [-0.25, -0.2) is 4.79 Å². The lowest BCUT2D eigenvalue weighted by Gasteiger charge is -2.20. The van der Waals surface area contributed by atoms with Crippen LogP contribution in [0.3, 0.4) is 0 Å². The SMILES string of the molecule is COC(=O)c1c(NC(=O)CSc2nnc(CCC3CCCCC3)n2C)sc2c1CCCCCC2. The van der Waals surface area contributed by atoms with Gasteiger partial charge in [-0.15, -0.1) is 21.5 Å². The van der Waals surface area contributed by atoms with Crippen LogP contribution in [0.4, 0.5) is 5.00 Å². The minimum atomic E-state index is -0.364. The van der Waals surface area contributed by atoms with E-state index < -0.39 is 0 Å². The summed E-state index contributed by atoms with van der Waals surface area (Å²) in [6.07, 6.45) is 15.2. The third-order valence-electron chi connectivity index (χ3n) is 7.07. The van der Waals surface area contributed by atoms with Crippen LogP contribution in [0.2, 0.25) is 0 Å². The molecule has 0 bridgehead atoms. The Morgan fingerprint density at radius 3 is 2.59 bits per heavy atom. The van der Waals surface area contributed by atoms with Gasteiger partial charge in [-0.2, -0.15) is 0 Å². The average Bonchev–Trinajstić information content (AvgIpc) is 3.35. The molecule has 2 heterocycles. The molecule has 2 aromatic rings. The monoisotopic (exact) mass is 504 g/mol. The second-order valence-corrected chi connectivity index (χ2v) is 11.5. The number of ether oxygens (including phenoxy) is 1. The van der Waals surface area contributed by atoms with Gasteiger partial charge in [0.25, 0.3) is 0 Å². The topological polar surface area (TPSA) is 86.1 Å². The molecular weight excluding hydrogens is 468 g/mol. The summed E-state index contributed by atoms with van der Waals surface area (Å²) in [5.74, 6) is 1.51. The molecule has 2 aromatic heterocycles. The largest absolute Gasteiger partial charge is 0.465 e. The van der Waals surface area contributed by atoms with Gasteiger partial charge in [0.2, 0.25) is 5.91 Å². The number of nitrogens with zero attached hydrogens (tertiary/aromatic N) is 3. The van der Waals surface area contributed by atoms with E-state index in [2.05, 4.69) is 15.5 Å². The third kappa shape index (κ3) is 6.22. The van der Waals surface area contributed by atoms with Crippen molar-refractivity contribution in [1.29, 1.82) is 0 Å². The molecule has 4 rings (SSSR count). The number of aromatic nitrogens is 3. The van der Waals surface area contributed by atoms with Gasteiger partial charge in [0, 0.05) is 18.3 Å². The molecule has 186 valence electrons. The predicted molar refractivity (Wildman–Crippen MR) is 137 cm³/mol. The Labute approximate surface area is 210 Å². The average molecular weight is 505 g/mol. The van der Waals surface area contributed by atoms with E-state index in [1.807, 2.05) is 11.6 Å². The Morgan fingerprint density at radius 2 is 1.82 bits per heavy atom. The number of thiophene rings is 1. The second-order valence-electron chi connectivity index (χ2n) is 9.45. The Bertz CT molecular complexity index is 995. The van der Waals surface area contributed by atoms with E-state index in [-0.39, 0.29) is 17.6 Å². The molecule has 0 unspecified atom stereocenters. The van der Waals surface area contributed by atoms with Crippen molar-refractivity contribution in [1.82, 2.24) is 14.8 Å². The Hall–Kier alpha value is -1.87. The van der Waals surface area contributed by atoms with Crippen molar-refractivity contribution in [2.24, 2.45) is 13.0 Å². The minimum absolute atomic E-state index is 0.142. The zero-order valence-electron chi connectivity index (χ0n) is 20.4. The smallest absolute Gasteiger partial charge is 0.341 e. The molecule has 1 amide bonds. The van der Waals surface area contributed by atoms with E-state index in [1.165, 1.54) is 80.0 Å². The summed E-state index contributed by atoms with van der Waals surface area (Å²) in [6, 6.07) is 0. The van der Waals surface area contributed by atoms with Crippen LogP contribution in [-0.2, 0) is 35.8 Å². The molecule has 0 atom stereocenters. The van der Waals surface area contributed by atoms with Crippen LogP contribution in [0.15, 0.2) is 5.16 Å². The molecule has 1 saturated carbocycles. The number of thioether (sulfide) groups is 1. The fraction of sp³-hybridized carbons (Fsp3) is 0.680. The second kappa shape index (κ2) is 12.2. The first-order valence-electron chi connectivity index (χ1n) is 12.6. The molecule has 0 saturated heterocycles. The van der Waals surface area contributed by atoms with Crippen molar-refractivity contribution in [3.8, 4) is 0 Å². The first-order valence-corrected chi connectivity index (χ1v) is 14.4. The molecule has 0 spiro atoms. The van der Waals surface area contributed by atoms with Gasteiger partial charge in [-0.05, 0) is 43.6 Å². The number of hydrogen-bond acceptors (Lipinski definition) is 7. The van der Waals surface area contributed by atoms with E-state index in [0.29, 0.717) is 10.6 Å². The number of carbonyl (C=O) groups excluding carboxylic acids is 2. The van der Waals surface area contributed by atoms with Gasteiger partial charge >= 0.3 is 5.97 Å². The van der Waals surface area contributed by atoms with Crippen LogP contribution < -0.4 is 5.32 Å². The van der Waals surface area contributed by atoms with Crippen molar-refractivity contribution in [3.63, 3.8) is 0 Å². The summed E-state index contributed by atoms with van der Waals surface area (Å²) in [5.41, 5.74) is 1.61. The minimum Gasteiger partial charge on any atom is -0.465 e. The van der Waals surface area contributed by atoms with Crippen molar-refractivity contribution >= 4 is 40.0 Å². The van der Waals surface area contributed by atoms with Crippen LogP contribution in [0.5, 0.6) is 0 Å². The highest BCUT2D eigenvalue weighted by Crippen LogP contribution is 2.37. The summed E-state index contributed by atoms with van der Waals surface area (Å²) < 4.78 is 7.07. The Kier molecular flexibility index (Phi) is 9.05. The number of rotatable bonds is 8. The molecule has 1 fully saturated rings. The maximum Gasteiger partial charge on any atom is 0.341 e. The van der Waals surface area contributed by atoms with Gasteiger partial charge in [0.05, 0.1) is 18.4 Å². The molecule has 0 aliphatic heterocycles. The van der Waals surface area contributed by atoms with Crippen LogP contribution in [0, 0.1) is 5.92 Å². The quantitative estimate of drug-likeness (QED) is 0.374. The number of methoxy groups -OCH3 is 1. The number of carbonyl (C=O) groups is 2. The maximum absolute atomic E-state index is 12.8. The maximum atomic E-state index is 12.8. The van der Waals surface area contributed by atoms with E-state index >= 15 is 0 Å². The molecule has 0 radical (unpaired) electrons. The predicted octanol–water partition coefficient (Wildman–Crippen LogP) is 5.57. The number of nitrogens with one attached hydrogen (secondary N) is 1. The molecule has 0 aromatic carbocycles. The molecule has 2 aliphatic carbocycles. The number of fused-ring (bicyclic) bond motifs is 1. The summed E-state index contributed by atoms with van der Waals surface area (Å²) in [6.45, 7) is 0. The van der Waals surface area contributed by atoms with Crippen molar-refractivity contribution in [2.75, 3.05) is 18.2 Å². The summed E-state index contributed by atoms with van der Waals surface area (Å²) >= 11 is 2.91. The van der Waals surface area contributed by atoms with Crippen molar-refractivity contribution in [3.05, 3.63) is 21.8 Å². The highest BCUT2D eigenvalue weighted by molar-refractivity contribution is 7.99. The van der Waals surface area contributed by atoms with Gasteiger partial charge in [0.15, 0.2) is 5.16 Å². The van der Waals surface area contributed by atoms with E-state index in [1.54, 1.807) is 0 Å². The fourth-order valence-electron chi connectivity index (χ4n) is 5.12. The molecular formula is C25H36N4O3S2. The van der Waals surface area contributed by atoms with Crippen LogP contribution >= 0.6 is 23.1 Å². The van der Waals surface area contributed by atoms with E-state index in [0.717, 1.165) is 61.0 Å². The number of amides is 1. The van der Waals surface area contributed by atoms with E-state index in [4.69, 9.17) is 4.74 Å². The van der Waals surface area contributed by atoms with Gasteiger partial charge in [0.1, 0.15) is 10.8 Å². The first-order chi connectivity index (χ1) is 16.6. The highest BCUT2D eigenvalue weighted by atomic mass is 32.2. The van der Waals surface area contributed by atoms with Gasteiger partial charge in [-0.1, -0.05) is 56.7 Å². The normalized spacial score (nSPS) is 17.0. The van der Waals surface area contributed by atoms with Gasteiger partial charge < -0.3 is 14.6 Å². The highest BCUT2D eigenvalue weighted by Gasteiger charge is 2.26. The van der Waals surface area contributed by atoms with Crippen LogP contribution in [0.25, 0.3) is 0 Å². The fourth-order valence-corrected chi connectivity index (χ4v) is 7.14. The zero-order valence-corrected chi connectivity index (χ0v) is 22.0. The van der Waals surface area contributed by atoms with Crippen LogP contribution in [0.1, 0.15) is 90.8 Å². The standard InChI is InChI=1S/C25H36N4O3S2/c1-29-20(15-14-17-10-6-5-7-11-17)27-28-25(29)33-16-21(30)26-23-22(24(31)32-2)18-12-8-3-4-9-13-19(18)34-23/h17H,3-16H2,1-2H3,(H,26,30).